The Morgan fingerprint density at radius 3 is 1.86 bits per heavy atom. The number of nitrogens with two attached hydrogens (primary N) is 1. The van der Waals surface area contributed by atoms with Crippen molar-refractivity contribution < 1.29 is 26.4 Å². The molecule has 9 nitrogen and oxygen atoms in total. The van der Waals surface area contributed by atoms with Gasteiger partial charge >= 0.3 is 0 Å². The van der Waals surface area contributed by atoms with Gasteiger partial charge in [-0.05, 0) is 43.3 Å². The third-order valence-electron chi connectivity index (χ3n) is 3.63. The first-order chi connectivity index (χ1) is 13.0. The van der Waals surface area contributed by atoms with Crippen LogP contribution in [0, 0.1) is 6.92 Å². The van der Waals surface area contributed by atoms with Crippen molar-refractivity contribution in [1.29, 1.82) is 0 Å². The molecule has 0 bridgehead atoms. The quantitative estimate of drug-likeness (QED) is 0.598. The molecule has 2 aromatic rings. The normalized spacial score (nSPS) is 11.6. The standard InChI is InChI=1S/C17H19N3O6S2/c1-12-2-6-15(7-3-12)28(25,26)20-17(22)11-10-16(21)19-13-4-8-14(9-5-13)27(18,23)24/h2-9H,10-11H2,1H3,(H,19,21)(H,20,22)(H2,18,23,24). The second-order valence-electron chi connectivity index (χ2n) is 5.96. The lowest BCUT2D eigenvalue weighted by Gasteiger charge is -2.08. The number of amides is 2. The van der Waals surface area contributed by atoms with Crippen LogP contribution < -0.4 is 15.2 Å². The summed E-state index contributed by atoms with van der Waals surface area (Å²) >= 11 is 0. The lowest BCUT2D eigenvalue weighted by atomic mass is 10.2. The summed E-state index contributed by atoms with van der Waals surface area (Å²) in [7, 11) is -7.84. The first-order valence-electron chi connectivity index (χ1n) is 8.02. The molecule has 11 heteroatoms. The van der Waals surface area contributed by atoms with Crippen molar-refractivity contribution in [2.75, 3.05) is 5.32 Å². The third-order valence-corrected chi connectivity index (χ3v) is 5.94. The maximum absolute atomic E-state index is 12.1. The number of carbonyl (C=O) groups is 2. The van der Waals surface area contributed by atoms with Gasteiger partial charge in [0.1, 0.15) is 0 Å². The monoisotopic (exact) mass is 425 g/mol. The molecule has 2 aromatic carbocycles. The Kier molecular flexibility index (Phi) is 6.54. The van der Waals surface area contributed by atoms with E-state index in [1.807, 2.05) is 4.72 Å². The van der Waals surface area contributed by atoms with Crippen LogP contribution in [0.3, 0.4) is 0 Å². The highest BCUT2D eigenvalue weighted by Crippen LogP contribution is 2.13. The van der Waals surface area contributed by atoms with Crippen LogP contribution in [0.15, 0.2) is 58.3 Å². The van der Waals surface area contributed by atoms with Crippen molar-refractivity contribution in [1.82, 2.24) is 4.72 Å². The minimum Gasteiger partial charge on any atom is -0.326 e. The van der Waals surface area contributed by atoms with Gasteiger partial charge in [0.05, 0.1) is 9.79 Å². The van der Waals surface area contributed by atoms with E-state index < -0.39 is 31.9 Å². The molecule has 0 aliphatic rings. The Hall–Kier alpha value is -2.76. The molecule has 0 aliphatic carbocycles. The number of hydrogen-bond acceptors (Lipinski definition) is 6. The number of carbonyl (C=O) groups excluding carboxylic acids is 2. The van der Waals surface area contributed by atoms with Gasteiger partial charge in [-0.1, -0.05) is 17.7 Å². The molecule has 28 heavy (non-hydrogen) atoms. The third kappa shape index (κ3) is 6.15. The highest BCUT2D eigenvalue weighted by Gasteiger charge is 2.18. The predicted molar refractivity (Wildman–Crippen MR) is 102 cm³/mol. The highest BCUT2D eigenvalue weighted by atomic mass is 32.2. The summed E-state index contributed by atoms with van der Waals surface area (Å²) < 4.78 is 48.5. The molecule has 0 spiro atoms. The SMILES string of the molecule is Cc1ccc(S(=O)(=O)NC(=O)CCC(=O)Nc2ccc(S(N)(=O)=O)cc2)cc1. The van der Waals surface area contributed by atoms with E-state index in [0.717, 1.165) is 5.56 Å². The molecule has 0 unspecified atom stereocenters. The number of hydrogen-bond donors (Lipinski definition) is 3. The van der Waals surface area contributed by atoms with E-state index in [1.54, 1.807) is 19.1 Å². The predicted octanol–water partition coefficient (Wildman–Crippen LogP) is 0.866. The van der Waals surface area contributed by atoms with Crippen molar-refractivity contribution in [3.63, 3.8) is 0 Å². The second kappa shape index (κ2) is 8.50. The van der Waals surface area contributed by atoms with Crippen LogP contribution >= 0.6 is 0 Å². The maximum atomic E-state index is 12.1. The fourth-order valence-corrected chi connectivity index (χ4v) is 3.69. The zero-order chi connectivity index (χ0) is 20.9. The Balaban J connectivity index is 1.88. The van der Waals surface area contributed by atoms with E-state index >= 15 is 0 Å². The van der Waals surface area contributed by atoms with Crippen molar-refractivity contribution in [3.05, 3.63) is 54.1 Å². The molecule has 0 saturated heterocycles. The number of aryl methyl sites for hydroxylation is 1. The van der Waals surface area contributed by atoms with Crippen LogP contribution in [-0.2, 0) is 29.6 Å². The van der Waals surface area contributed by atoms with Gasteiger partial charge in [0.2, 0.25) is 21.8 Å². The summed E-state index contributed by atoms with van der Waals surface area (Å²) in [6, 6.07) is 11.1. The van der Waals surface area contributed by atoms with Crippen molar-refractivity contribution in [2.24, 2.45) is 5.14 Å². The molecule has 0 saturated carbocycles. The van der Waals surface area contributed by atoms with Crippen LogP contribution in [0.4, 0.5) is 5.69 Å². The van der Waals surface area contributed by atoms with E-state index in [1.165, 1.54) is 36.4 Å². The molecule has 150 valence electrons. The molecule has 0 radical (unpaired) electrons. The zero-order valence-corrected chi connectivity index (χ0v) is 16.5. The van der Waals surface area contributed by atoms with Crippen molar-refractivity contribution in [2.45, 2.75) is 29.6 Å². The molecule has 0 heterocycles. The molecule has 0 aromatic heterocycles. The summed E-state index contributed by atoms with van der Waals surface area (Å²) in [5.41, 5.74) is 1.18. The van der Waals surface area contributed by atoms with Crippen LogP contribution in [0.5, 0.6) is 0 Å². The second-order valence-corrected chi connectivity index (χ2v) is 9.20. The molecule has 4 N–H and O–H groups in total. The van der Waals surface area contributed by atoms with Gasteiger partial charge in [-0.3, -0.25) is 9.59 Å². The summed E-state index contributed by atoms with van der Waals surface area (Å²) in [6.45, 7) is 1.80. The molecule has 0 fully saturated rings. The molecule has 0 atom stereocenters. The first kappa shape index (κ1) is 21.5. The number of rotatable bonds is 7. The molecular weight excluding hydrogens is 406 g/mol. The Morgan fingerprint density at radius 2 is 1.32 bits per heavy atom. The largest absolute Gasteiger partial charge is 0.326 e. The summed E-state index contributed by atoms with van der Waals surface area (Å²) in [5.74, 6) is -1.36. The van der Waals surface area contributed by atoms with E-state index in [9.17, 15) is 26.4 Å². The maximum Gasteiger partial charge on any atom is 0.264 e. The smallest absolute Gasteiger partial charge is 0.264 e. The van der Waals surface area contributed by atoms with Gasteiger partial charge in [-0.15, -0.1) is 0 Å². The van der Waals surface area contributed by atoms with E-state index in [2.05, 4.69) is 5.32 Å². The Bertz CT molecular complexity index is 1080. The topological polar surface area (TPSA) is 152 Å². The van der Waals surface area contributed by atoms with Gasteiger partial charge < -0.3 is 5.32 Å². The Labute approximate surface area is 163 Å². The van der Waals surface area contributed by atoms with Crippen molar-refractivity contribution in [3.8, 4) is 0 Å². The number of anilines is 1. The van der Waals surface area contributed by atoms with E-state index in [-0.39, 0.29) is 22.6 Å². The molecule has 2 rings (SSSR count). The first-order valence-corrected chi connectivity index (χ1v) is 11.1. The Morgan fingerprint density at radius 1 is 0.821 bits per heavy atom. The van der Waals surface area contributed by atoms with Gasteiger partial charge in [0.15, 0.2) is 0 Å². The minimum absolute atomic E-state index is 0.0501. The van der Waals surface area contributed by atoms with Gasteiger partial charge in [-0.25, -0.2) is 26.7 Å². The average Bonchev–Trinajstić information content (AvgIpc) is 2.60. The number of primary sulfonamides is 1. The number of benzene rings is 2. The van der Waals surface area contributed by atoms with Crippen LogP contribution in [0.2, 0.25) is 0 Å². The lowest BCUT2D eigenvalue weighted by molar-refractivity contribution is -0.123. The van der Waals surface area contributed by atoms with E-state index in [4.69, 9.17) is 5.14 Å². The van der Waals surface area contributed by atoms with E-state index in [0.29, 0.717) is 5.69 Å². The van der Waals surface area contributed by atoms with Gasteiger partial charge in [0, 0.05) is 18.5 Å². The summed E-state index contributed by atoms with van der Waals surface area (Å²) in [4.78, 5) is 23.6. The summed E-state index contributed by atoms with van der Waals surface area (Å²) in [5, 5.41) is 7.45. The van der Waals surface area contributed by atoms with Crippen LogP contribution in [0.25, 0.3) is 0 Å². The summed E-state index contributed by atoms with van der Waals surface area (Å²) in [6.07, 6.45) is -0.599. The van der Waals surface area contributed by atoms with Crippen molar-refractivity contribution >= 4 is 37.5 Å². The minimum atomic E-state index is -4.00. The average molecular weight is 425 g/mol. The number of sulfonamides is 2. The zero-order valence-electron chi connectivity index (χ0n) is 14.9. The van der Waals surface area contributed by atoms with Crippen LogP contribution in [-0.4, -0.2) is 28.6 Å². The molecular formula is C17H19N3O6S2. The van der Waals surface area contributed by atoms with Crippen LogP contribution in [0.1, 0.15) is 18.4 Å². The van der Waals surface area contributed by atoms with Gasteiger partial charge in [0.25, 0.3) is 10.0 Å². The number of nitrogens with one attached hydrogen (secondary N) is 2. The highest BCUT2D eigenvalue weighted by molar-refractivity contribution is 7.90. The fourth-order valence-electron chi connectivity index (χ4n) is 2.16. The lowest BCUT2D eigenvalue weighted by Crippen LogP contribution is -2.31. The van der Waals surface area contributed by atoms with Gasteiger partial charge in [-0.2, -0.15) is 0 Å². The fraction of sp³-hybridized carbons (Fsp3) is 0.176. The molecule has 2 amide bonds. The molecule has 0 aliphatic heterocycles.